The topological polar surface area (TPSA) is 40.9 Å². The van der Waals surface area contributed by atoms with Gasteiger partial charge in [0, 0.05) is 12.0 Å². The molecule has 0 aliphatic heterocycles. The molecule has 0 saturated carbocycles. The molecule has 1 aliphatic carbocycles. The summed E-state index contributed by atoms with van der Waals surface area (Å²) < 4.78 is 0. The summed E-state index contributed by atoms with van der Waals surface area (Å²) in [6, 6.07) is 19.8. The summed E-state index contributed by atoms with van der Waals surface area (Å²) in [5.41, 5.74) is 2.38. The zero-order valence-corrected chi connectivity index (χ0v) is 11.2. The van der Waals surface area contributed by atoms with Crippen LogP contribution in [0.5, 0.6) is 0 Å². The Morgan fingerprint density at radius 2 is 1.75 bits per heavy atom. The molecule has 0 fully saturated rings. The fourth-order valence-electron chi connectivity index (χ4n) is 3.17. The Morgan fingerprint density at radius 1 is 1.05 bits per heavy atom. The van der Waals surface area contributed by atoms with Crippen molar-refractivity contribution in [3.63, 3.8) is 0 Å². The predicted octanol–water partition coefficient (Wildman–Crippen LogP) is 3.67. The first kappa shape index (κ1) is 12.6. The smallest absolute Gasteiger partial charge is 0.174 e. The van der Waals surface area contributed by atoms with Gasteiger partial charge in [-0.15, -0.1) is 0 Å². The van der Waals surface area contributed by atoms with Crippen LogP contribution >= 0.6 is 0 Å². The number of fused-ring (bicyclic) bond motifs is 1. The van der Waals surface area contributed by atoms with E-state index in [0.717, 1.165) is 16.7 Å². The van der Waals surface area contributed by atoms with Crippen LogP contribution in [0.4, 0.5) is 0 Å². The molecule has 98 valence electrons. The molecule has 0 heterocycles. The minimum atomic E-state index is -0.555. The van der Waals surface area contributed by atoms with Crippen molar-refractivity contribution in [2.24, 2.45) is 0 Å². The molecule has 2 aromatic rings. The highest BCUT2D eigenvalue weighted by atomic mass is 16.1. The molecule has 1 atom stereocenters. The average Bonchev–Trinajstić information content (AvgIpc) is 2.80. The van der Waals surface area contributed by atoms with Gasteiger partial charge < -0.3 is 0 Å². The number of nitrogens with zero attached hydrogens (tertiary/aromatic N) is 1. The summed E-state index contributed by atoms with van der Waals surface area (Å²) in [4.78, 5) is 12.9. The van der Waals surface area contributed by atoms with E-state index in [2.05, 4.69) is 6.07 Å². The number of nitriles is 1. The highest BCUT2D eigenvalue weighted by Gasteiger charge is 2.45. The van der Waals surface area contributed by atoms with Gasteiger partial charge in [0.05, 0.1) is 11.5 Å². The van der Waals surface area contributed by atoms with Crippen LogP contribution in [0.3, 0.4) is 0 Å². The van der Waals surface area contributed by atoms with Gasteiger partial charge in [0.1, 0.15) is 0 Å². The summed E-state index contributed by atoms with van der Waals surface area (Å²) in [5, 5.41) is 8.93. The second-order valence-electron chi connectivity index (χ2n) is 5.27. The number of carbonyl (C=O) groups excluding carboxylic acids is 1. The van der Waals surface area contributed by atoms with Crippen molar-refractivity contribution in [1.82, 2.24) is 0 Å². The lowest BCUT2D eigenvalue weighted by molar-refractivity contribution is 0.0895. The molecule has 0 N–H and O–H groups in total. The second kappa shape index (κ2) is 4.94. The molecule has 2 nitrogen and oxygen atoms in total. The van der Waals surface area contributed by atoms with Crippen LogP contribution < -0.4 is 0 Å². The van der Waals surface area contributed by atoms with Crippen molar-refractivity contribution < 1.29 is 4.79 Å². The third-order valence-electron chi connectivity index (χ3n) is 4.18. The minimum absolute atomic E-state index is 0.162. The highest BCUT2D eigenvalue weighted by molar-refractivity contribution is 6.08. The van der Waals surface area contributed by atoms with E-state index in [9.17, 15) is 4.79 Å². The predicted molar refractivity (Wildman–Crippen MR) is 77.4 cm³/mol. The Morgan fingerprint density at radius 3 is 2.45 bits per heavy atom. The van der Waals surface area contributed by atoms with Gasteiger partial charge in [-0.3, -0.25) is 4.79 Å². The normalized spacial score (nSPS) is 20.4. The Kier molecular flexibility index (Phi) is 3.12. The van der Waals surface area contributed by atoms with E-state index >= 15 is 0 Å². The molecule has 0 spiro atoms. The van der Waals surface area contributed by atoms with Gasteiger partial charge in [0.15, 0.2) is 5.78 Å². The summed E-state index contributed by atoms with van der Waals surface area (Å²) in [6.07, 6.45) is 1.68. The zero-order chi connectivity index (χ0) is 14.0. The lowest BCUT2D eigenvalue weighted by Crippen LogP contribution is -2.33. The molecule has 3 rings (SSSR count). The van der Waals surface area contributed by atoms with Crippen molar-refractivity contribution in [1.29, 1.82) is 5.26 Å². The lowest BCUT2D eigenvalue weighted by atomic mass is 9.73. The Labute approximate surface area is 118 Å². The van der Waals surface area contributed by atoms with Crippen LogP contribution in [-0.4, -0.2) is 5.78 Å². The molecule has 0 radical (unpaired) electrons. The molecule has 20 heavy (non-hydrogen) atoms. The van der Waals surface area contributed by atoms with E-state index < -0.39 is 5.41 Å². The number of hydrogen-bond donors (Lipinski definition) is 0. The van der Waals surface area contributed by atoms with Gasteiger partial charge in [0.2, 0.25) is 0 Å². The molecule has 0 aromatic heterocycles. The third kappa shape index (κ3) is 1.83. The minimum Gasteiger partial charge on any atom is -0.293 e. The molecule has 0 bridgehead atoms. The van der Waals surface area contributed by atoms with E-state index in [1.807, 2.05) is 54.6 Å². The van der Waals surface area contributed by atoms with Crippen LogP contribution in [0.25, 0.3) is 0 Å². The van der Waals surface area contributed by atoms with Gasteiger partial charge in [-0.05, 0) is 24.0 Å². The van der Waals surface area contributed by atoms with Crippen molar-refractivity contribution in [3.8, 4) is 6.07 Å². The van der Waals surface area contributed by atoms with E-state index in [4.69, 9.17) is 5.26 Å². The van der Waals surface area contributed by atoms with E-state index in [1.54, 1.807) is 0 Å². The number of ketones is 1. The Bertz CT molecular complexity index is 684. The van der Waals surface area contributed by atoms with E-state index in [0.29, 0.717) is 19.3 Å². The first-order chi connectivity index (χ1) is 9.78. The van der Waals surface area contributed by atoms with Crippen molar-refractivity contribution in [2.75, 3.05) is 0 Å². The third-order valence-corrected chi connectivity index (χ3v) is 4.18. The average molecular weight is 261 g/mol. The maximum atomic E-state index is 12.9. The standard InChI is InChI=1S/C18H15NO/c19-12-6-11-18(15-8-2-1-3-9-15)13-14-7-4-5-10-16(14)17(18)20/h1-5,7-10H,6,11,13H2/t18-/m1/s1. The van der Waals surface area contributed by atoms with Crippen LogP contribution in [0.2, 0.25) is 0 Å². The lowest BCUT2D eigenvalue weighted by Gasteiger charge is -2.27. The van der Waals surface area contributed by atoms with Gasteiger partial charge in [-0.2, -0.15) is 5.26 Å². The quantitative estimate of drug-likeness (QED) is 0.845. The first-order valence-corrected chi connectivity index (χ1v) is 6.83. The maximum Gasteiger partial charge on any atom is 0.174 e. The number of Topliss-reactive ketones (excluding diaryl/α,β-unsaturated/α-hetero) is 1. The second-order valence-corrected chi connectivity index (χ2v) is 5.27. The van der Waals surface area contributed by atoms with Crippen molar-refractivity contribution in [3.05, 3.63) is 71.3 Å². The molecular weight excluding hydrogens is 246 g/mol. The van der Waals surface area contributed by atoms with Crippen LogP contribution in [0.15, 0.2) is 54.6 Å². The van der Waals surface area contributed by atoms with Gasteiger partial charge in [-0.25, -0.2) is 0 Å². The molecule has 0 unspecified atom stereocenters. The van der Waals surface area contributed by atoms with Crippen molar-refractivity contribution in [2.45, 2.75) is 24.7 Å². The fourth-order valence-corrected chi connectivity index (χ4v) is 3.17. The Hall–Kier alpha value is -2.40. The van der Waals surface area contributed by atoms with Crippen LogP contribution in [0.1, 0.15) is 34.3 Å². The van der Waals surface area contributed by atoms with Crippen molar-refractivity contribution >= 4 is 5.78 Å². The van der Waals surface area contributed by atoms with Crippen LogP contribution in [0, 0.1) is 11.3 Å². The summed E-state index contributed by atoms with van der Waals surface area (Å²) in [6.45, 7) is 0. The summed E-state index contributed by atoms with van der Waals surface area (Å²) >= 11 is 0. The molecular formula is C18H15NO. The summed E-state index contributed by atoms with van der Waals surface area (Å²) in [7, 11) is 0. The highest BCUT2D eigenvalue weighted by Crippen LogP contribution is 2.42. The number of hydrogen-bond acceptors (Lipinski definition) is 2. The summed E-state index contributed by atoms with van der Waals surface area (Å²) in [5.74, 6) is 0.162. The molecule has 2 heteroatoms. The number of carbonyl (C=O) groups is 1. The van der Waals surface area contributed by atoms with Gasteiger partial charge in [0.25, 0.3) is 0 Å². The van der Waals surface area contributed by atoms with E-state index in [1.165, 1.54) is 0 Å². The maximum absolute atomic E-state index is 12.9. The molecule has 1 aliphatic rings. The monoisotopic (exact) mass is 261 g/mol. The molecule has 2 aromatic carbocycles. The largest absolute Gasteiger partial charge is 0.293 e. The Balaban J connectivity index is 2.11. The first-order valence-electron chi connectivity index (χ1n) is 6.83. The van der Waals surface area contributed by atoms with E-state index in [-0.39, 0.29) is 5.78 Å². The zero-order valence-electron chi connectivity index (χ0n) is 11.2. The van der Waals surface area contributed by atoms with Gasteiger partial charge >= 0.3 is 0 Å². The number of benzene rings is 2. The van der Waals surface area contributed by atoms with Crippen LogP contribution in [-0.2, 0) is 11.8 Å². The SMILES string of the molecule is N#CCC[C@]1(c2ccccc2)Cc2ccccc2C1=O. The van der Waals surface area contributed by atoms with Gasteiger partial charge in [-0.1, -0.05) is 54.6 Å². The molecule has 0 saturated heterocycles. The molecule has 0 amide bonds. The fraction of sp³-hybridized carbons (Fsp3) is 0.222. The number of rotatable bonds is 3.